The quantitative estimate of drug-likeness (QED) is 0.687. The third-order valence-corrected chi connectivity index (χ3v) is 5.35. The highest BCUT2D eigenvalue weighted by Crippen LogP contribution is 2.24. The van der Waals surface area contributed by atoms with Crippen molar-refractivity contribution in [2.24, 2.45) is 0 Å². The van der Waals surface area contributed by atoms with Gasteiger partial charge < -0.3 is 19.0 Å². The Morgan fingerprint density at radius 2 is 2.04 bits per heavy atom. The number of furan rings is 1. The van der Waals surface area contributed by atoms with Crippen molar-refractivity contribution in [2.45, 2.75) is 19.5 Å². The molecule has 6 nitrogen and oxygen atoms in total. The number of carbonyl (C=O) groups is 1. The van der Waals surface area contributed by atoms with Gasteiger partial charge in [0.15, 0.2) is 0 Å². The molecule has 0 spiro atoms. The number of ether oxygens (including phenoxy) is 1. The monoisotopic (exact) mass is 401 g/mol. The fourth-order valence-electron chi connectivity index (χ4n) is 3.65. The lowest BCUT2D eigenvalue weighted by Crippen LogP contribution is -2.44. The second kappa shape index (κ2) is 8.39. The van der Waals surface area contributed by atoms with E-state index in [0.717, 1.165) is 35.5 Å². The number of carbonyl (C=O) groups excluding carboxylic acids is 1. The molecule has 1 amide bonds. The number of aromatic nitrogens is 1. The number of benzene rings is 1. The molecule has 1 atom stereocenters. The van der Waals surface area contributed by atoms with E-state index in [0.29, 0.717) is 24.8 Å². The molecule has 148 valence electrons. The first-order valence-corrected chi connectivity index (χ1v) is 9.87. The zero-order valence-electron chi connectivity index (χ0n) is 15.9. The first kappa shape index (κ1) is 19.1. The van der Waals surface area contributed by atoms with Gasteiger partial charge in [-0.05, 0) is 42.6 Å². The van der Waals surface area contributed by atoms with Gasteiger partial charge in [0.25, 0.3) is 0 Å². The summed E-state index contributed by atoms with van der Waals surface area (Å²) in [4.78, 5) is 14.9. The van der Waals surface area contributed by atoms with Crippen LogP contribution in [-0.2, 0) is 16.1 Å². The van der Waals surface area contributed by atoms with Gasteiger partial charge in [-0.25, -0.2) is 0 Å². The number of aryl methyl sites for hydroxylation is 1. The van der Waals surface area contributed by atoms with E-state index >= 15 is 0 Å². The van der Waals surface area contributed by atoms with E-state index in [9.17, 15) is 4.79 Å². The van der Waals surface area contributed by atoms with E-state index in [1.165, 1.54) is 0 Å². The van der Waals surface area contributed by atoms with Gasteiger partial charge in [0.1, 0.15) is 18.1 Å². The van der Waals surface area contributed by atoms with Crippen LogP contribution in [0.25, 0.3) is 10.9 Å². The van der Waals surface area contributed by atoms with Crippen LogP contribution in [-0.4, -0.2) is 48.2 Å². The van der Waals surface area contributed by atoms with Crippen LogP contribution < -0.4 is 5.32 Å². The Kier molecular flexibility index (Phi) is 5.71. The predicted octanol–water partition coefficient (Wildman–Crippen LogP) is 3.39. The number of amides is 1. The smallest absolute Gasteiger partial charge is 0.240 e. The number of nitrogens with zero attached hydrogens (tertiary/aromatic N) is 2. The summed E-state index contributed by atoms with van der Waals surface area (Å²) < 4.78 is 13.2. The van der Waals surface area contributed by atoms with Crippen LogP contribution >= 0.6 is 11.6 Å². The lowest BCUT2D eigenvalue weighted by Gasteiger charge is -2.33. The molecular weight excluding hydrogens is 378 g/mol. The van der Waals surface area contributed by atoms with Crippen LogP contribution in [0.1, 0.15) is 17.6 Å². The van der Waals surface area contributed by atoms with Crippen LogP contribution in [0.3, 0.4) is 0 Å². The lowest BCUT2D eigenvalue weighted by atomic mass is 10.1. The Morgan fingerprint density at radius 1 is 1.21 bits per heavy atom. The Labute approximate surface area is 169 Å². The maximum absolute atomic E-state index is 12.6. The van der Waals surface area contributed by atoms with Gasteiger partial charge in [-0.15, -0.1) is 0 Å². The third kappa shape index (κ3) is 4.24. The minimum atomic E-state index is -0.0426. The molecule has 7 heteroatoms. The number of nitrogens with one attached hydrogen (secondary N) is 1. The predicted molar refractivity (Wildman–Crippen MR) is 109 cm³/mol. The molecule has 0 bridgehead atoms. The minimum Gasteiger partial charge on any atom is -0.465 e. The minimum absolute atomic E-state index is 0.00241. The van der Waals surface area contributed by atoms with Crippen molar-refractivity contribution in [3.8, 4) is 0 Å². The van der Waals surface area contributed by atoms with E-state index in [4.69, 9.17) is 20.8 Å². The van der Waals surface area contributed by atoms with Crippen molar-refractivity contribution >= 4 is 28.4 Å². The Morgan fingerprint density at radius 3 is 2.79 bits per heavy atom. The van der Waals surface area contributed by atoms with Gasteiger partial charge in [-0.2, -0.15) is 0 Å². The molecule has 1 saturated heterocycles. The molecule has 0 saturated carbocycles. The number of rotatable bonds is 6. The van der Waals surface area contributed by atoms with Crippen molar-refractivity contribution in [3.63, 3.8) is 0 Å². The van der Waals surface area contributed by atoms with Crippen LogP contribution in [0, 0.1) is 6.92 Å². The summed E-state index contributed by atoms with van der Waals surface area (Å²) in [5.41, 5.74) is 0.953. The fraction of sp³-hybridized carbons (Fsp3) is 0.381. The number of hydrogen-bond acceptors (Lipinski definition) is 4. The summed E-state index contributed by atoms with van der Waals surface area (Å²) in [5, 5.41) is 4.80. The zero-order chi connectivity index (χ0) is 19.5. The third-order valence-electron chi connectivity index (χ3n) is 5.12. The fourth-order valence-corrected chi connectivity index (χ4v) is 3.81. The average molecular weight is 402 g/mol. The molecule has 1 unspecified atom stereocenters. The maximum atomic E-state index is 12.6. The molecule has 1 aliphatic heterocycles. The zero-order valence-corrected chi connectivity index (χ0v) is 16.6. The number of morpholine rings is 1. The van der Waals surface area contributed by atoms with E-state index in [1.54, 1.807) is 0 Å². The van der Waals surface area contributed by atoms with Crippen LogP contribution in [0.2, 0.25) is 5.02 Å². The molecule has 2 aromatic heterocycles. The normalized spacial score (nSPS) is 16.4. The van der Waals surface area contributed by atoms with Gasteiger partial charge in [0, 0.05) is 36.4 Å². The first-order chi connectivity index (χ1) is 13.6. The van der Waals surface area contributed by atoms with Crippen molar-refractivity contribution in [1.29, 1.82) is 0 Å². The molecule has 1 fully saturated rings. The van der Waals surface area contributed by atoms with Gasteiger partial charge >= 0.3 is 0 Å². The summed E-state index contributed by atoms with van der Waals surface area (Å²) in [6, 6.07) is 11.6. The standard InChI is InChI=1S/C21H24ClN3O3/c1-15-2-5-20(28-15)19(24-8-10-27-11-9-24)13-23-21(26)14-25-7-6-16-3-4-17(22)12-18(16)25/h2-7,12,19H,8-11,13-14H2,1H3,(H,23,26). The molecular formula is C21H24ClN3O3. The summed E-state index contributed by atoms with van der Waals surface area (Å²) in [7, 11) is 0. The van der Waals surface area contributed by atoms with Crippen molar-refractivity contribution in [3.05, 3.63) is 59.1 Å². The van der Waals surface area contributed by atoms with Gasteiger partial charge in [-0.1, -0.05) is 17.7 Å². The molecule has 1 N–H and O–H groups in total. The topological polar surface area (TPSA) is 59.6 Å². The molecule has 3 aromatic rings. The number of halogens is 1. The number of hydrogen-bond donors (Lipinski definition) is 1. The van der Waals surface area contributed by atoms with Crippen LogP contribution in [0.4, 0.5) is 0 Å². The van der Waals surface area contributed by atoms with E-state index in [1.807, 2.05) is 54.1 Å². The summed E-state index contributed by atoms with van der Waals surface area (Å²) in [5.74, 6) is 1.70. The van der Waals surface area contributed by atoms with E-state index < -0.39 is 0 Å². The SMILES string of the molecule is Cc1ccc(C(CNC(=O)Cn2ccc3ccc(Cl)cc32)N2CCOCC2)o1. The van der Waals surface area contributed by atoms with Gasteiger partial charge in [0.05, 0.1) is 19.3 Å². The Hall–Kier alpha value is -2.28. The summed E-state index contributed by atoms with van der Waals surface area (Å²) >= 11 is 6.10. The summed E-state index contributed by atoms with van der Waals surface area (Å²) in [6.45, 7) is 5.70. The highest BCUT2D eigenvalue weighted by Gasteiger charge is 2.25. The Bertz CT molecular complexity index is 959. The van der Waals surface area contributed by atoms with Crippen molar-refractivity contribution < 1.29 is 13.9 Å². The summed E-state index contributed by atoms with van der Waals surface area (Å²) in [6.07, 6.45) is 1.91. The lowest BCUT2D eigenvalue weighted by molar-refractivity contribution is -0.122. The second-order valence-corrected chi connectivity index (χ2v) is 7.50. The van der Waals surface area contributed by atoms with Crippen LogP contribution in [0.5, 0.6) is 0 Å². The van der Waals surface area contributed by atoms with Gasteiger partial charge in [0.2, 0.25) is 5.91 Å². The molecule has 3 heterocycles. The first-order valence-electron chi connectivity index (χ1n) is 9.49. The van der Waals surface area contributed by atoms with Crippen LogP contribution in [0.15, 0.2) is 47.0 Å². The highest BCUT2D eigenvalue weighted by molar-refractivity contribution is 6.31. The van der Waals surface area contributed by atoms with E-state index in [-0.39, 0.29) is 18.5 Å². The second-order valence-electron chi connectivity index (χ2n) is 7.06. The molecule has 0 aliphatic carbocycles. The average Bonchev–Trinajstić information content (AvgIpc) is 3.29. The van der Waals surface area contributed by atoms with Crippen molar-refractivity contribution in [1.82, 2.24) is 14.8 Å². The largest absolute Gasteiger partial charge is 0.465 e. The molecule has 1 aliphatic rings. The molecule has 1 aromatic carbocycles. The highest BCUT2D eigenvalue weighted by atomic mass is 35.5. The molecule has 4 rings (SSSR count). The molecule has 0 radical (unpaired) electrons. The number of fused-ring (bicyclic) bond motifs is 1. The Balaban J connectivity index is 1.44. The molecule has 28 heavy (non-hydrogen) atoms. The van der Waals surface area contributed by atoms with Crippen molar-refractivity contribution in [2.75, 3.05) is 32.8 Å². The maximum Gasteiger partial charge on any atom is 0.240 e. The van der Waals surface area contributed by atoms with Gasteiger partial charge in [-0.3, -0.25) is 9.69 Å². The van der Waals surface area contributed by atoms with E-state index in [2.05, 4.69) is 10.2 Å².